The molecular weight excluding hydrogens is 292 g/mol. The second-order valence-electron chi connectivity index (χ2n) is 5.66. The first kappa shape index (κ1) is 17.7. The first-order valence-electron chi connectivity index (χ1n) is 8.50. The monoisotopic (exact) mass is 318 g/mol. The Bertz CT molecular complexity index is 840. The van der Waals surface area contributed by atoms with E-state index in [1.807, 2.05) is 32.3 Å². The molecule has 0 unspecified atom stereocenters. The average molecular weight is 318 g/mol. The van der Waals surface area contributed by atoms with Crippen LogP contribution in [0.3, 0.4) is 0 Å². The minimum atomic E-state index is 0.877. The molecule has 0 saturated heterocycles. The SMILES string of the molecule is C=C(CCC(=C)c1ncccc1C)c1ccc2[nH]ccc2c1.CC. The minimum Gasteiger partial charge on any atom is -0.361 e. The number of aryl methyl sites for hydroxylation is 1. The van der Waals surface area contributed by atoms with Crippen LogP contribution in [0.1, 0.15) is 43.5 Å². The van der Waals surface area contributed by atoms with Crippen LogP contribution in [-0.2, 0) is 0 Å². The van der Waals surface area contributed by atoms with Gasteiger partial charge in [-0.3, -0.25) is 4.98 Å². The second-order valence-corrected chi connectivity index (χ2v) is 5.66. The molecule has 0 atom stereocenters. The van der Waals surface area contributed by atoms with E-state index in [2.05, 4.69) is 60.4 Å². The number of pyridine rings is 1. The summed E-state index contributed by atoms with van der Waals surface area (Å²) in [6, 6.07) is 12.5. The van der Waals surface area contributed by atoms with E-state index in [-0.39, 0.29) is 0 Å². The number of nitrogens with zero attached hydrogens (tertiary/aromatic N) is 1. The van der Waals surface area contributed by atoms with Gasteiger partial charge in [-0.1, -0.05) is 39.1 Å². The highest BCUT2D eigenvalue weighted by Gasteiger charge is 2.07. The molecule has 0 radical (unpaired) electrons. The zero-order valence-electron chi connectivity index (χ0n) is 14.9. The van der Waals surface area contributed by atoms with Crippen LogP contribution >= 0.6 is 0 Å². The lowest BCUT2D eigenvalue weighted by Gasteiger charge is -2.10. The second kappa shape index (κ2) is 8.30. The van der Waals surface area contributed by atoms with Crippen molar-refractivity contribution in [2.45, 2.75) is 33.6 Å². The van der Waals surface area contributed by atoms with Crippen LogP contribution in [0.25, 0.3) is 22.0 Å². The Morgan fingerprint density at radius 1 is 1.04 bits per heavy atom. The molecule has 3 rings (SSSR count). The summed E-state index contributed by atoms with van der Waals surface area (Å²) in [5.74, 6) is 0. The maximum absolute atomic E-state index is 4.43. The number of rotatable bonds is 5. The molecule has 0 saturated carbocycles. The first-order chi connectivity index (χ1) is 11.6. The lowest BCUT2D eigenvalue weighted by Crippen LogP contribution is -1.93. The van der Waals surface area contributed by atoms with Crippen LogP contribution < -0.4 is 0 Å². The average Bonchev–Trinajstić information content (AvgIpc) is 3.09. The molecule has 2 aromatic heterocycles. The fourth-order valence-corrected chi connectivity index (χ4v) is 2.69. The summed E-state index contributed by atoms with van der Waals surface area (Å²) in [6.45, 7) is 14.5. The van der Waals surface area contributed by atoms with Crippen molar-refractivity contribution in [3.8, 4) is 0 Å². The third-order valence-electron chi connectivity index (χ3n) is 4.03. The molecule has 0 aliphatic carbocycles. The smallest absolute Gasteiger partial charge is 0.0684 e. The summed E-state index contributed by atoms with van der Waals surface area (Å²) < 4.78 is 0. The van der Waals surface area contributed by atoms with Crippen molar-refractivity contribution in [3.63, 3.8) is 0 Å². The third kappa shape index (κ3) is 4.02. The predicted molar refractivity (Wildman–Crippen MR) is 106 cm³/mol. The summed E-state index contributed by atoms with van der Waals surface area (Å²) >= 11 is 0. The van der Waals surface area contributed by atoms with Crippen LogP contribution in [0.5, 0.6) is 0 Å². The van der Waals surface area contributed by atoms with Crippen molar-refractivity contribution in [1.82, 2.24) is 9.97 Å². The highest BCUT2D eigenvalue weighted by Crippen LogP contribution is 2.26. The first-order valence-corrected chi connectivity index (χ1v) is 8.50. The number of fused-ring (bicyclic) bond motifs is 1. The number of aromatic amines is 1. The highest BCUT2D eigenvalue weighted by atomic mass is 14.7. The minimum absolute atomic E-state index is 0.877. The fourth-order valence-electron chi connectivity index (χ4n) is 2.69. The van der Waals surface area contributed by atoms with Gasteiger partial charge in [0.25, 0.3) is 0 Å². The maximum Gasteiger partial charge on any atom is 0.0684 e. The van der Waals surface area contributed by atoms with E-state index < -0.39 is 0 Å². The van der Waals surface area contributed by atoms with Crippen LogP contribution in [0.4, 0.5) is 0 Å². The van der Waals surface area contributed by atoms with Crippen molar-refractivity contribution in [2.24, 2.45) is 0 Å². The van der Waals surface area contributed by atoms with Gasteiger partial charge in [-0.15, -0.1) is 0 Å². The predicted octanol–water partition coefficient (Wildman–Crippen LogP) is 6.40. The molecule has 24 heavy (non-hydrogen) atoms. The quantitative estimate of drug-likeness (QED) is 0.579. The van der Waals surface area contributed by atoms with Crippen molar-refractivity contribution in [1.29, 1.82) is 0 Å². The molecule has 2 nitrogen and oxygen atoms in total. The number of hydrogen-bond donors (Lipinski definition) is 1. The molecular formula is C22H26N2. The third-order valence-corrected chi connectivity index (χ3v) is 4.03. The van der Waals surface area contributed by atoms with Crippen LogP contribution in [0, 0.1) is 6.92 Å². The molecule has 0 aliphatic heterocycles. The van der Waals surface area contributed by atoms with Crippen molar-refractivity contribution >= 4 is 22.0 Å². The molecule has 0 fully saturated rings. The summed E-state index contributed by atoms with van der Waals surface area (Å²) in [7, 11) is 0. The molecule has 1 aromatic carbocycles. The summed E-state index contributed by atoms with van der Waals surface area (Å²) in [5.41, 5.74) is 6.74. The van der Waals surface area contributed by atoms with Crippen molar-refractivity contribution < 1.29 is 0 Å². The van der Waals surface area contributed by atoms with Gasteiger partial charge < -0.3 is 4.98 Å². The Balaban J connectivity index is 0.00000100. The van der Waals surface area contributed by atoms with Gasteiger partial charge in [0, 0.05) is 17.9 Å². The van der Waals surface area contributed by atoms with Gasteiger partial charge in [0.1, 0.15) is 0 Å². The number of allylic oxidation sites excluding steroid dienone is 2. The van der Waals surface area contributed by atoms with Crippen LogP contribution in [0.2, 0.25) is 0 Å². The Kier molecular flexibility index (Phi) is 6.14. The lowest BCUT2D eigenvalue weighted by molar-refractivity contribution is 1.06. The van der Waals surface area contributed by atoms with Gasteiger partial charge in [0.05, 0.1) is 5.69 Å². The molecule has 1 N–H and O–H groups in total. The van der Waals surface area contributed by atoms with E-state index in [0.29, 0.717) is 0 Å². The van der Waals surface area contributed by atoms with E-state index in [9.17, 15) is 0 Å². The number of hydrogen-bond acceptors (Lipinski definition) is 1. The van der Waals surface area contributed by atoms with Gasteiger partial charge in [0.2, 0.25) is 0 Å². The molecule has 0 bridgehead atoms. The summed E-state index contributed by atoms with van der Waals surface area (Å²) in [5, 5.41) is 1.22. The van der Waals surface area contributed by atoms with Gasteiger partial charge in [-0.05, 0) is 71.7 Å². The van der Waals surface area contributed by atoms with E-state index >= 15 is 0 Å². The van der Waals surface area contributed by atoms with E-state index in [1.165, 1.54) is 16.5 Å². The molecule has 124 valence electrons. The molecule has 0 spiro atoms. The Labute approximate surface area is 145 Å². The number of nitrogens with one attached hydrogen (secondary N) is 1. The van der Waals surface area contributed by atoms with E-state index in [0.717, 1.165) is 35.2 Å². The fraction of sp³-hybridized carbons (Fsp3) is 0.227. The van der Waals surface area contributed by atoms with E-state index in [1.54, 1.807) is 0 Å². The summed E-state index contributed by atoms with van der Waals surface area (Å²) in [6.07, 6.45) is 5.55. The molecule has 0 amide bonds. The number of H-pyrrole nitrogens is 1. The Hall–Kier alpha value is -2.61. The van der Waals surface area contributed by atoms with Gasteiger partial charge >= 0.3 is 0 Å². The number of aromatic nitrogens is 2. The zero-order chi connectivity index (χ0) is 17.5. The molecule has 2 heteroatoms. The zero-order valence-corrected chi connectivity index (χ0v) is 14.9. The lowest BCUT2D eigenvalue weighted by atomic mass is 9.97. The molecule has 0 aliphatic rings. The van der Waals surface area contributed by atoms with Crippen molar-refractivity contribution in [2.75, 3.05) is 0 Å². The van der Waals surface area contributed by atoms with Gasteiger partial charge in [-0.2, -0.15) is 0 Å². The Morgan fingerprint density at radius 3 is 2.54 bits per heavy atom. The molecule has 2 heterocycles. The van der Waals surface area contributed by atoms with Crippen LogP contribution in [-0.4, -0.2) is 9.97 Å². The summed E-state index contributed by atoms with van der Waals surface area (Å²) in [4.78, 5) is 7.64. The van der Waals surface area contributed by atoms with E-state index in [4.69, 9.17) is 0 Å². The largest absolute Gasteiger partial charge is 0.361 e. The normalized spacial score (nSPS) is 10.1. The highest BCUT2D eigenvalue weighted by molar-refractivity contribution is 5.83. The topological polar surface area (TPSA) is 28.7 Å². The van der Waals surface area contributed by atoms with Gasteiger partial charge in [0.15, 0.2) is 0 Å². The van der Waals surface area contributed by atoms with Gasteiger partial charge in [-0.25, -0.2) is 0 Å². The maximum atomic E-state index is 4.43. The number of benzene rings is 1. The standard InChI is InChI=1S/C20H20N2.C2H6/c1-14(17-8-9-19-18(13-17)10-12-21-19)6-7-16(3)20-15(2)5-4-11-22-20;1-2/h4-5,8-13,21H,1,3,6-7H2,2H3;1-2H3. The molecule has 3 aromatic rings. The van der Waals surface area contributed by atoms with Crippen molar-refractivity contribution in [3.05, 3.63) is 78.8 Å². The Morgan fingerprint density at radius 2 is 1.79 bits per heavy atom. The van der Waals surface area contributed by atoms with Crippen LogP contribution in [0.15, 0.2) is 61.9 Å².